The normalized spacial score (nSPS) is 29.0. The summed E-state index contributed by atoms with van der Waals surface area (Å²) in [5, 5.41) is 3.72. The van der Waals surface area contributed by atoms with Crippen molar-refractivity contribution >= 4 is 11.8 Å². The Hall–Kier alpha value is -0.710. The summed E-state index contributed by atoms with van der Waals surface area (Å²) in [5.74, 6) is 3.40. The van der Waals surface area contributed by atoms with E-state index >= 15 is 0 Å². The van der Waals surface area contributed by atoms with Gasteiger partial charge in [0.2, 0.25) is 0 Å². The van der Waals surface area contributed by atoms with E-state index in [1.165, 1.54) is 29.1 Å². The van der Waals surface area contributed by atoms with Gasteiger partial charge in [0, 0.05) is 24.9 Å². The molecular formula is C17H25NO2S. The summed E-state index contributed by atoms with van der Waals surface area (Å²) >= 11 is 2.03. The number of hydrogen-bond donors (Lipinski definition) is 1. The molecular weight excluding hydrogens is 282 g/mol. The third-order valence-corrected chi connectivity index (χ3v) is 5.85. The molecule has 1 aromatic carbocycles. The number of benzene rings is 1. The van der Waals surface area contributed by atoms with E-state index in [-0.39, 0.29) is 5.60 Å². The van der Waals surface area contributed by atoms with Gasteiger partial charge in [-0.3, -0.25) is 0 Å². The standard InChI is InChI=1S/C17H25NO2S/c1-13-3-4-14(9-16(13)19-2)11-18-15-5-7-20-17(10-15)6-8-21-12-17/h3-4,9,15,18H,5-8,10-12H2,1-2H3. The topological polar surface area (TPSA) is 30.5 Å². The van der Waals surface area contributed by atoms with Gasteiger partial charge in [-0.2, -0.15) is 11.8 Å². The third kappa shape index (κ3) is 3.55. The Morgan fingerprint density at radius 1 is 1.48 bits per heavy atom. The molecule has 2 fully saturated rings. The largest absolute Gasteiger partial charge is 0.496 e. The number of hydrogen-bond acceptors (Lipinski definition) is 4. The zero-order valence-corrected chi connectivity index (χ0v) is 13.8. The fourth-order valence-electron chi connectivity index (χ4n) is 3.30. The molecule has 1 spiro atoms. The summed E-state index contributed by atoms with van der Waals surface area (Å²) in [6.07, 6.45) is 3.49. The van der Waals surface area contributed by atoms with Crippen molar-refractivity contribution in [3.8, 4) is 5.75 Å². The number of ether oxygens (including phenoxy) is 2. The van der Waals surface area contributed by atoms with E-state index in [4.69, 9.17) is 9.47 Å². The lowest BCUT2D eigenvalue weighted by molar-refractivity contribution is -0.0703. The lowest BCUT2D eigenvalue weighted by Crippen LogP contribution is -2.47. The fourth-order valence-corrected chi connectivity index (χ4v) is 4.68. The fraction of sp³-hybridized carbons (Fsp3) is 0.647. The Labute approximate surface area is 131 Å². The average Bonchev–Trinajstić information content (AvgIpc) is 2.94. The highest BCUT2D eigenvalue weighted by molar-refractivity contribution is 7.99. The molecule has 0 bridgehead atoms. The van der Waals surface area contributed by atoms with Gasteiger partial charge in [0.1, 0.15) is 5.75 Å². The monoisotopic (exact) mass is 307 g/mol. The predicted octanol–water partition coefficient (Wildman–Crippen LogP) is 3.15. The van der Waals surface area contributed by atoms with Crippen LogP contribution in [0.3, 0.4) is 0 Å². The molecule has 116 valence electrons. The number of aryl methyl sites for hydroxylation is 1. The summed E-state index contributed by atoms with van der Waals surface area (Å²) in [4.78, 5) is 0. The van der Waals surface area contributed by atoms with E-state index in [0.717, 1.165) is 31.7 Å². The maximum atomic E-state index is 6.08. The molecule has 2 aliphatic heterocycles. The van der Waals surface area contributed by atoms with Gasteiger partial charge in [-0.1, -0.05) is 12.1 Å². The molecule has 0 aromatic heterocycles. The van der Waals surface area contributed by atoms with Gasteiger partial charge in [0.25, 0.3) is 0 Å². The highest BCUT2D eigenvalue weighted by Crippen LogP contribution is 2.38. The van der Waals surface area contributed by atoms with Crippen LogP contribution in [0.5, 0.6) is 5.75 Å². The molecule has 3 nitrogen and oxygen atoms in total. The van der Waals surface area contributed by atoms with Gasteiger partial charge in [-0.25, -0.2) is 0 Å². The molecule has 21 heavy (non-hydrogen) atoms. The van der Waals surface area contributed by atoms with Crippen molar-refractivity contribution in [3.05, 3.63) is 29.3 Å². The molecule has 0 aliphatic carbocycles. The molecule has 1 N–H and O–H groups in total. The molecule has 2 saturated heterocycles. The van der Waals surface area contributed by atoms with Crippen LogP contribution >= 0.6 is 11.8 Å². The van der Waals surface area contributed by atoms with Gasteiger partial charge in [-0.05, 0) is 49.1 Å². The maximum Gasteiger partial charge on any atom is 0.122 e. The summed E-state index contributed by atoms with van der Waals surface area (Å²) < 4.78 is 11.5. The van der Waals surface area contributed by atoms with Crippen LogP contribution in [-0.2, 0) is 11.3 Å². The van der Waals surface area contributed by atoms with Crippen molar-refractivity contribution in [2.45, 2.75) is 44.4 Å². The van der Waals surface area contributed by atoms with E-state index in [0.29, 0.717) is 6.04 Å². The first kappa shape index (κ1) is 15.2. The molecule has 2 aliphatic rings. The minimum atomic E-state index is 0.158. The number of methoxy groups -OCH3 is 1. The number of thioether (sulfide) groups is 1. The lowest BCUT2D eigenvalue weighted by atomic mass is 9.90. The van der Waals surface area contributed by atoms with Crippen molar-refractivity contribution < 1.29 is 9.47 Å². The summed E-state index contributed by atoms with van der Waals surface area (Å²) in [6, 6.07) is 7.04. The third-order valence-electron chi connectivity index (χ3n) is 4.63. The SMILES string of the molecule is COc1cc(CNC2CCOC3(CCSC3)C2)ccc1C. The lowest BCUT2D eigenvalue weighted by Gasteiger charge is -2.38. The first-order chi connectivity index (χ1) is 10.2. The second-order valence-corrected chi connectivity index (χ2v) is 7.31. The highest BCUT2D eigenvalue weighted by atomic mass is 32.2. The second kappa shape index (κ2) is 6.59. The first-order valence-electron chi connectivity index (χ1n) is 7.79. The smallest absolute Gasteiger partial charge is 0.122 e. The number of rotatable bonds is 4. The summed E-state index contributed by atoms with van der Waals surface area (Å²) in [5.41, 5.74) is 2.64. The summed E-state index contributed by atoms with van der Waals surface area (Å²) in [7, 11) is 1.74. The van der Waals surface area contributed by atoms with Gasteiger partial charge < -0.3 is 14.8 Å². The molecule has 0 radical (unpaired) electrons. The Morgan fingerprint density at radius 2 is 2.38 bits per heavy atom. The minimum absolute atomic E-state index is 0.158. The zero-order valence-electron chi connectivity index (χ0n) is 13.0. The van der Waals surface area contributed by atoms with Crippen LogP contribution in [0.25, 0.3) is 0 Å². The first-order valence-corrected chi connectivity index (χ1v) is 8.95. The highest BCUT2D eigenvalue weighted by Gasteiger charge is 2.40. The average molecular weight is 307 g/mol. The Kier molecular flexibility index (Phi) is 4.77. The van der Waals surface area contributed by atoms with E-state index < -0.39 is 0 Å². The van der Waals surface area contributed by atoms with Crippen LogP contribution in [0.2, 0.25) is 0 Å². The van der Waals surface area contributed by atoms with Crippen molar-refractivity contribution in [1.29, 1.82) is 0 Å². The molecule has 4 heteroatoms. The van der Waals surface area contributed by atoms with Crippen LogP contribution < -0.4 is 10.1 Å². The quantitative estimate of drug-likeness (QED) is 0.925. The van der Waals surface area contributed by atoms with Crippen molar-refractivity contribution in [2.24, 2.45) is 0 Å². The van der Waals surface area contributed by atoms with Gasteiger partial charge in [0.05, 0.1) is 12.7 Å². The van der Waals surface area contributed by atoms with Crippen molar-refractivity contribution in [2.75, 3.05) is 25.2 Å². The maximum absolute atomic E-state index is 6.08. The zero-order chi connectivity index (χ0) is 14.7. The van der Waals surface area contributed by atoms with Crippen LogP contribution in [-0.4, -0.2) is 36.9 Å². The molecule has 2 unspecified atom stereocenters. The predicted molar refractivity (Wildman–Crippen MR) is 88.2 cm³/mol. The second-order valence-electron chi connectivity index (χ2n) is 6.21. The van der Waals surface area contributed by atoms with E-state index in [1.54, 1.807) is 7.11 Å². The van der Waals surface area contributed by atoms with Crippen LogP contribution in [0, 0.1) is 6.92 Å². The van der Waals surface area contributed by atoms with E-state index in [1.807, 2.05) is 11.8 Å². The van der Waals surface area contributed by atoms with Crippen LogP contribution in [0.15, 0.2) is 18.2 Å². The Balaban J connectivity index is 1.57. The molecule has 0 saturated carbocycles. The molecule has 2 atom stereocenters. The van der Waals surface area contributed by atoms with Crippen molar-refractivity contribution in [1.82, 2.24) is 5.32 Å². The van der Waals surface area contributed by atoms with Gasteiger partial charge >= 0.3 is 0 Å². The molecule has 3 rings (SSSR count). The van der Waals surface area contributed by atoms with Gasteiger partial charge in [-0.15, -0.1) is 0 Å². The van der Waals surface area contributed by atoms with Crippen LogP contribution in [0.1, 0.15) is 30.4 Å². The van der Waals surface area contributed by atoms with E-state index in [2.05, 4.69) is 30.4 Å². The van der Waals surface area contributed by atoms with Gasteiger partial charge in [0.15, 0.2) is 0 Å². The molecule has 0 amide bonds. The summed E-state index contributed by atoms with van der Waals surface area (Å²) in [6.45, 7) is 3.88. The van der Waals surface area contributed by atoms with Crippen LogP contribution in [0.4, 0.5) is 0 Å². The van der Waals surface area contributed by atoms with E-state index in [9.17, 15) is 0 Å². The molecule has 1 aromatic rings. The number of nitrogens with one attached hydrogen (secondary N) is 1. The Morgan fingerprint density at radius 3 is 3.14 bits per heavy atom. The minimum Gasteiger partial charge on any atom is -0.496 e. The van der Waals surface area contributed by atoms with Crippen molar-refractivity contribution in [3.63, 3.8) is 0 Å². The molecule has 2 heterocycles. The Bertz CT molecular complexity index is 486.